The monoisotopic (exact) mass is 345 g/mol. The molecule has 1 aromatic heterocycles. The average Bonchev–Trinajstić information content (AvgIpc) is 2.75. The van der Waals surface area contributed by atoms with Gasteiger partial charge in [0.25, 0.3) is 0 Å². The van der Waals surface area contributed by atoms with Gasteiger partial charge in [-0.05, 0) is 44.9 Å². The number of nitrogens with zero attached hydrogens (tertiary/aromatic N) is 4. The highest BCUT2D eigenvalue weighted by molar-refractivity contribution is 9.10. The van der Waals surface area contributed by atoms with E-state index in [0.717, 1.165) is 12.6 Å². The summed E-state index contributed by atoms with van der Waals surface area (Å²) in [7, 11) is 0. The van der Waals surface area contributed by atoms with Crippen molar-refractivity contribution in [3.05, 3.63) is 34.1 Å². The Hall–Kier alpha value is -1.41. The standard InChI is InChI=1S/C12H14BrF2N5/c1-7(2)5-16-6-11-17-18-19-20(11)12-9(13)3-8(14)4-10(12)15/h3-4,7,16H,5-6H2,1-2H3. The lowest BCUT2D eigenvalue weighted by atomic mass is 10.2. The van der Waals surface area contributed by atoms with Crippen molar-refractivity contribution in [3.8, 4) is 5.69 Å². The fourth-order valence-corrected chi connectivity index (χ4v) is 2.28. The van der Waals surface area contributed by atoms with E-state index in [2.05, 4.69) is 50.6 Å². The molecule has 0 aliphatic rings. The summed E-state index contributed by atoms with van der Waals surface area (Å²) in [4.78, 5) is 0. The van der Waals surface area contributed by atoms with Gasteiger partial charge in [0.1, 0.15) is 11.5 Å². The number of nitrogens with one attached hydrogen (secondary N) is 1. The van der Waals surface area contributed by atoms with E-state index in [0.29, 0.717) is 18.3 Å². The van der Waals surface area contributed by atoms with Gasteiger partial charge in [-0.2, -0.15) is 4.68 Å². The minimum absolute atomic E-state index is 0.0951. The number of tetrazole rings is 1. The third-order valence-corrected chi connectivity index (χ3v) is 3.17. The first-order chi connectivity index (χ1) is 9.49. The molecule has 0 fully saturated rings. The lowest BCUT2D eigenvalue weighted by Crippen LogP contribution is -2.21. The number of hydrogen-bond acceptors (Lipinski definition) is 4. The molecule has 0 unspecified atom stereocenters. The van der Waals surface area contributed by atoms with E-state index in [9.17, 15) is 8.78 Å². The molecule has 2 rings (SSSR count). The Morgan fingerprint density at radius 2 is 2.10 bits per heavy atom. The summed E-state index contributed by atoms with van der Waals surface area (Å²) in [5, 5.41) is 14.3. The Labute approximate surface area is 123 Å². The summed E-state index contributed by atoms with van der Waals surface area (Å²) in [5.74, 6) is -0.453. The van der Waals surface area contributed by atoms with E-state index < -0.39 is 11.6 Å². The predicted octanol–water partition coefficient (Wildman–Crippen LogP) is 2.45. The smallest absolute Gasteiger partial charge is 0.170 e. The number of rotatable bonds is 5. The molecule has 20 heavy (non-hydrogen) atoms. The molecule has 0 radical (unpaired) electrons. The lowest BCUT2D eigenvalue weighted by molar-refractivity contribution is 0.531. The van der Waals surface area contributed by atoms with Gasteiger partial charge in [0.05, 0.1) is 6.54 Å². The van der Waals surface area contributed by atoms with Crippen molar-refractivity contribution in [2.24, 2.45) is 5.92 Å². The normalized spacial score (nSPS) is 11.3. The zero-order valence-electron chi connectivity index (χ0n) is 11.1. The van der Waals surface area contributed by atoms with Crippen LogP contribution in [0.1, 0.15) is 19.7 Å². The quantitative estimate of drug-likeness (QED) is 0.904. The van der Waals surface area contributed by atoms with Crippen LogP contribution in [-0.2, 0) is 6.54 Å². The summed E-state index contributed by atoms with van der Waals surface area (Å²) >= 11 is 3.13. The molecule has 8 heteroatoms. The number of benzene rings is 1. The molecule has 1 heterocycles. The SMILES string of the molecule is CC(C)CNCc1nnnn1-c1c(F)cc(F)cc1Br. The number of aromatic nitrogens is 4. The Bertz CT molecular complexity index is 576. The van der Waals surface area contributed by atoms with Crippen LogP contribution < -0.4 is 5.32 Å². The van der Waals surface area contributed by atoms with Crippen molar-refractivity contribution in [2.75, 3.05) is 6.54 Å². The van der Waals surface area contributed by atoms with Crippen molar-refractivity contribution in [2.45, 2.75) is 20.4 Å². The topological polar surface area (TPSA) is 55.6 Å². The van der Waals surface area contributed by atoms with Crippen molar-refractivity contribution in [1.29, 1.82) is 0 Å². The van der Waals surface area contributed by atoms with Crippen molar-refractivity contribution in [1.82, 2.24) is 25.5 Å². The molecule has 0 aliphatic heterocycles. The zero-order chi connectivity index (χ0) is 14.7. The predicted molar refractivity (Wildman–Crippen MR) is 73.3 cm³/mol. The fourth-order valence-electron chi connectivity index (χ4n) is 1.70. The molecule has 1 aromatic carbocycles. The van der Waals surface area contributed by atoms with Crippen LogP contribution in [0.25, 0.3) is 5.69 Å². The largest absolute Gasteiger partial charge is 0.310 e. The molecule has 0 bridgehead atoms. The van der Waals surface area contributed by atoms with Crippen LogP contribution in [0.5, 0.6) is 0 Å². The maximum atomic E-state index is 13.9. The van der Waals surface area contributed by atoms with Gasteiger partial charge in [-0.3, -0.25) is 0 Å². The number of hydrogen-bond donors (Lipinski definition) is 1. The fraction of sp³-hybridized carbons (Fsp3) is 0.417. The van der Waals surface area contributed by atoms with Crippen LogP contribution in [0.3, 0.4) is 0 Å². The highest BCUT2D eigenvalue weighted by atomic mass is 79.9. The second kappa shape index (κ2) is 6.36. The van der Waals surface area contributed by atoms with Crippen LogP contribution in [0.15, 0.2) is 16.6 Å². The van der Waals surface area contributed by atoms with Crippen molar-refractivity contribution < 1.29 is 8.78 Å². The second-order valence-corrected chi connectivity index (χ2v) is 5.60. The molecule has 5 nitrogen and oxygen atoms in total. The Kier molecular flexibility index (Phi) is 4.77. The van der Waals surface area contributed by atoms with Gasteiger partial charge in [-0.25, -0.2) is 8.78 Å². The molecule has 2 aromatic rings. The van der Waals surface area contributed by atoms with Gasteiger partial charge in [-0.1, -0.05) is 13.8 Å². The lowest BCUT2D eigenvalue weighted by Gasteiger charge is -2.10. The molecule has 0 saturated heterocycles. The average molecular weight is 346 g/mol. The van der Waals surface area contributed by atoms with Gasteiger partial charge in [0, 0.05) is 10.5 Å². The van der Waals surface area contributed by atoms with Crippen LogP contribution in [0, 0.1) is 17.6 Å². The molecular weight excluding hydrogens is 332 g/mol. The Morgan fingerprint density at radius 3 is 2.75 bits per heavy atom. The molecule has 0 atom stereocenters. The van der Waals surface area contributed by atoms with E-state index >= 15 is 0 Å². The van der Waals surface area contributed by atoms with Crippen molar-refractivity contribution >= 4 is 15.9 Å². The summed E-state index contributed by atoms with van der Waals surface area (Å²) in [6.45, 7) is 5.34. The van der Waals surface area contributed by atoms with E-state index in [1.54, 1.807) is 0 Å². The molecule has 0 spiro atoms. The van der Waals surface area contributed by atoms with Crippen LogP contribution in [0.4, 0.5) is 8.78 Å². The molecular formula is C12H14BrF2N5. The minimum atomic E-state index is -0.728. The zero-order valence-corrected chi connectivity index (χ0v) is 12.7. The van der Waals surface area contributed by atoms with E-state index in [1.165, 1.54) is 10.7 Å². The maximum Gasteiger partial charge on any atom is 0.170 e. The first-order valence-corrected chi connectivity index (χ1v) is 6.91. The van der Waals surface area contributed by atoms with Gasteiger partial charge in [0.15, 0.2) is 11.6 Å². The first kappa shape index (κ1) is 15.0. The summed E-state index contributed by atoms with van der Waals surface area (Å²) < 4.78 is 28.5. The summed E-state index contributed by atoms with van der Waals surface area (Å²) in [5.41, 5.74) is 0.0951. The van der Waals surface area contributed by atoms with Gasteiger partial charge in [0.2, 0.25) is 0 Å². The summed E-state index contributed by atoms with van der Waals surface area (Å²) in [6, 6.07) is 1.97. The third-order valence-electron chi connectivity index (χ3n) is 2.56. The van der Waals surface area contributed by atoms with Crippen LogP contribution in [0.2, 0.25) is 0 Å². The van der Waals surface area contributed by atoms with Crippen molar-refractivity contribution in [3.63, 3.8) is 0 Å². The van der Waals surface area contributed by atoms with Gasteiger partial charge < -0.3 is 5.32 Å². The minimum Gasteiger partial charge on any atom is -0.310 e. The number of halogens is 3. The summed E-state index contributed by atoms with van der Waals surface area (Å²) in [6.07, 6.45) is 0. The molecule has 1 N–H and O–H groups in total. The molecule has 0 aliphatic carbocycles. The third kappa shape index (κ3) is 3.37. The van der Waals surface area contributed by atoms with E-state index in [1.807, 2.05) is 0 Å². The molecule has 0 amide bonds. The maximum absolute atomic E-state index is 13.9. The van der Waals surface area contributed by atoms with Gasteiger partial charge in [-0.15, -0.1) is 5.10 Å². The molecule has 108 valence electrons. The Morgan fingerprint density at radius 1 is 1.35 bits per heavy atom. The highest BCUT2D eigenvalue weighted by Crippen LogP contribution is 2.25. The second-order valence-electron chi connectivity index (χ2n) is 4.75. The highest BCUT2D eigenvalue weighted by Gasteiger charge is 2.17. The first-order valence-electron chi connectivity index (χ1n) is 6.12. The van der Waals surface area contributed by atoms with Crippen LogP contribution >= 0.6 is 15.9 Å². The Balaban J connectivity index is 2.28. The van der Waals surface area contributed by atoms with Gasteiger partial charge >= 0.3 is 0 Å². The van der Waals surface area contributed by atoms with E-state index in [4.69, 9.17) is 0 Å². The molecule has 0 saturated carbocycles. The van der Waals surface area contributed by atoms with Crippen LogP contribution in [-0.4, -0.2) is 26.8 Å². The van der Waals surface area contributed by atoms with E-state index in [-0.39, 0.29) is 10.2 Å².